The van der Waals surface area contributed by atoms with E-state index >= 15 is 0 Å². The first-order chi connectivity index (χ1) is 10.4. The van der Waals surface area contributed by atoms with Crippen LogP contribution in [0.25, 0.3) is 0 Å². The Kier molecular flexibility index (Phi) is 16.6. The Morgan fingerprint density at radius 3 is 1.41 bits per heavy atom. The molecule has 1 atom stereocenters. The second kappa shape index (κ2) is 16.0. The Morgan fingerprint density at radius 2 is 1.23 bits per heavy atom. The molecule has 0 radical (unpaired) electrons. The molecule has 12 nitrogen and oxygen atoms in total. The molecule has 0 aromatic carbocycles. The van der Waals surface area contributed by atoms with Gasteiger partial charge in [0.1, 0.15) is 0 Å². The predicted octanol–water partition coefficient (Wildman–Crippen LogP) is -3.03. The van der Waals surface area contributed by atoms with E-state index in [1.165, 1.54) is 0 Å². The minimum Gasteiger partial charge on any atom is -0.481 e. The molecule has 0 aliphatic carbocycles. The number of rotatable bonds is 12. The lowest BCUT2D eigenvalue weighted by Crippen LogP contribution is -2.28. The molecule has 0 bridgehead atoms. The number of hydrogen-bond acceptors (Lipinski definition) is 10. The highest BCUT2D eigenvalue weighted by molar-refractivity contribution is 5.79. The lowest BCUT2D eigenvalue weighted by Gasteiger charge is -2.17. The van der Waals surface area contributed by atoms with Crippen molar-refractivity contribution in [3.63, 3.8) is 0 Å². The van der Waals surface area contributed by atoms with Crippen molar-refractivity contribution in [2.45, 2.75) is 12.5 Å². The van der Waals surface area contributed by atoms with Gasteiger partial charge in [-0.3, -0.25) is 4.79 Å². The van der Waals surface area contributed by atoms with E-state index in [2.05, 4.69) is 0 Å². The lowest BCUT2D eigenvalue weighted by molar-refractivity contribution is -0.527. The molecule has 0 heterocycles. The van der Waals surface area contributed by atoms with Gasteiger partial charge in [0.15, 0.2) is 6.10 Å². The van der Waals surface area contributed by atoms with Gasteiger partial charge in [-0.1, -0.05) is 0 Å². The first-order valence-corrected chi connectivity index (χ1v) is 6.03. The SMILES string of the molecule is O=C(O)CC(O)C(=O)O.OCCON(OCCO)OCCO. The molecule has 0 spiro atoms. The molecule has 0 saturated heterocycles. The summed E-state index contributed by atoms with van der Waals surface area (Å²) in [5.74, 6) is -2.85. The summed E-state index contributed by atoms with van der Waals surface area (Å²) >= 11 is 0. The summed E-state index contributed by atoms with van der Waals surface area (Å²) in [4.78, 5) is 33.5. The van der Waals surface area contributed by atoms with Crippen molar-refractivity contribution in [3.05, 3.63) is 0 Å². The van der Waals surface area contributed by atoms with Gasteiger partial charge in [0.05, 0.1) is 51.5 Å². The van der Waals surface area contributed by atoms with Gasteiger partial charge >= 0.3 is 11.9 Å². The van der Waals surface area contributed by atoms with Gasteiger partial charge in [-0.25, -0.2) is 19.3 Å². The molecule has 0 aliphatic rings. The Bertz CT molecular complexity index is 269. The third-order valence-corrected chi connectivity index (χ3v) is 1.52. The summed E-state index contributed by atoms with van der Waals surface area (Å²) in [7, 11) is 0. The van der Waals surface area contributed by atoms with E-state index in [0.29, 0.717) is 5.39 Å². The maximum Gasteiger partial charge on any atom is 0.333 e. The van der Waals surface area contributed by atoms with E-state index < -0.39 is 24.5 Å². The van der Waals surface area contributed by atoms with Gasteiger partial charge < -0.3 is 30.6 Å². The topological polar surface area (TPSA) is 186 Å². The Morgan fingerprint density at radius 1 is 0.864 bits per heavy atom. The molecule has 12 heteroatoms. The zero-order valence-electron chi connectivity index (χ0n) is 11.7. The molecule has 132 valence electrons. The molecule has 0 aromatic rings. The van der Waals surface area contributed by atoms with Crippen LogP contribution in [0.1, 0.15) is 6.42 Å². The van der Waals surface area contributed by atoms with Crippen LogP contribution >= 0.6 is 0 Å². The Labute approximate surface area is 125 Å². The van der Waals surface area contributed by atoms with Crippen LogP contribution in [0.15, 0.2) is 0 Å². The molecule has 0 saturated carbocycles. The zero-order chi connectivity index (χ0) is 17.4. The van der Waals surface area contributed by atoms with Gasteiger partial charge in [0.25, 0.3) is 0 Å². The van der Waals surface area contributed by atoms with E-state index in [0.717, 1.165) is 0 Å². The van der Waals surface area contributed by atoms with E-state index in [9.17, 15) is 9.59 Å². The number of carboxylic acid groups (broad SMARTS) is 2. The smallest absolute Gasteiger partial charge is 0.333 e. The largest absolute Gasteiger partial charge is 0.481 e. The highest BCUT2D eigenvalue weighted by atomic mass is 17.2. The fourth-order valence-electron chi connectivity index (χ4n) is 0.711. The minimum atomic E-state index is -1.79. The molecule has 1 unspecified atom stereocenters. The minimum absolute atomic E-state index is 0.0108. The van der Waals surface area contributed by atoms with Gasteiger partial charge in [-0.05, 0) is 0 Å². The van der Waals surface area contributed by atoms with Gasteiger partial charge in [-0.15, -0.1) is 0 Å². The van der Waals surface area contributed by atoms with Crippen molar-refractivity contribution in [2.24, 2.45) is 0 Å². The number of nitrogens with zero attached hydrogens (tertiary/aromatic N) is 1. The summed E-state index contributed by atoms with van der Waals surface area (Å²) in [5, 5.41) is 50.0. The third-order valence-electron chi connectivity index (χ3n) is 1.52. The van der Waals surface area contributed by atoms with Crippen LogP contribution in [-0.2, 0) is 24.1 Å². The number of aliphatic hydroxyl groups excluding tert-OH is 4. The van der Waals surface area contributed by atoms with Crippen LogP contribution in [-0.4, -0.2) is 93.7 Å². The maximum atomic E-state index is 9.72. The fraction of sp³-hybridized carbons (Fsp3) is 0.800. The van der Waals surface area contributed by atoms with Gasteiger partial charge in [0.2, 0.25) is 0 Å². The number of aliphatic carboxylic acids is 2. The first kappa shape index (κ1) is 22.9. The Hall–Kier alpha value is -1.38. The number of aliphatic hydroxyl groups is 4. The normalized spacial score (nSPS) is 11.7. The predicted molar refractivity (Wildman–Crippen MR) is 66.8 cm³/mol. The number of hydrogen-bond donors (Lipinski definition) is 6. The first-order valence-electron chi connectivity index (χ1n) is 6.03. The average molecular weight is 331 g/mol. The summed E-state index contributed by atoms with van der Waals surface area (Å²) in [6.07, 6.45) is -2.54. The van der Waals surface area contributed by atoms with Gasteiger partial charge in [0, 0.05) is 0 Å². The van der Waals surface area contributed by atoms with Crippen molar-refractivity contribution in [1.29, 1.82) is 0 Å². The fourth-order valence-corrected chi connectivity index (χ4v) is 0.711. The van der Waals surface area contributed by atoms with Crippen molar-refractivity contribution >= 4 is 11.9 Å². The molecule has 0 rings (SSSR count). The van der Waals surface area contributed by atoms with Crippen LogP contribution in [0.5, 0.6) is 0 Å². The van der Waals surface area contributed by atoms with Crippen LogP contribution < -0.4 is 0 Å². The maximum absolute atomic E-state index is 9.72. The standard InChI is InChI=1S/C6H15NO6.C4H6O5/c8-1-4-11-7(12-5-2-9)13-6-3-10;5-2(4(8)9)1-3(6)7/h8-10H,1-6H2;2,5H,1H2,(H,6,7)(H,8,9). The van der Waals surface area contributed by atoms with Crippen molar-refractivity contribution in [3.8, 4) is 0 Å². The molecule has 0 aliphatic heterocycles. The highest BCUT2D eigenvalue weighted by Crippen LogP contribution is 1.93. The molecular weight excluding hydrogens is 310 g/mol. The molecule has 0 fully saturated rings. The van der Waals surface area contributed by atoms with E-state index in [1.807, 2.05) is 0 Å². The van der Waals surface area contributed by atoms with Crippen molar-refractivity contribution < 1.29 is 54.7 Å². The quantitative estimate of drug-likeness (QED) is 0.199. The molecule has 0 amide bonds. The summed E-state index contributed by atoms with van der Waals surface area (Å²) in [6.45, 7) is -0.505. The zero-order valence-corrected chi connectivity index (χ0v) is 11.7. The van der Waals surface area contributed by atoms with Crippen LogP contribution in [0, 0.1) is 0 Å². The Balaban J connectivity index is 0. The van der Waals surface area contributed by atoms with Gasteiger partial charge in [-0.2, -0.15) is 0 Å². The number of carboxylic acids is 2. The second-order valence-corrected chi connectivity index (χ2v) is 3.35. The van der Waals surface area contributed by atoms with E-state index in [1.54, 1.807) is 0 Å². The van der Waals surface area contributed by atoms with Crippen molar-refractivity contribution in [1.82, 2.24) is 5.39 Å². The average Bonchev–Trinajstić information content (AvgIpc) is 2.46. The van der Waals surface area contributed by atoms with Crippen molar-refractivity contribution in [2.75, 3.05) is 39.6 Å². The highest BCUT2D eigenvalue weighted by Gasteiger charge is 2.16. The third kappa shape index (κ3) is 16.7. The summed E-state index contributed by atoms with van der Waals surface area (Å²) in [6, 6.07) is 0. The summed E-state index contributed by atoms with van der Waals surface area (Å²) in [5.41, 5.74) is 0. The van der Waals surface area contributed by atoms with Crippen LogP contribution in [0.4, 0.5) is 0 Å². The molecule has 22 heavy (non-hydrogen) atoms. The molecule has 6 N–H and O–H groups in total. The lowest BCUT2D eigenvalue weighted by atomic mass is 10.3. The number of carbonyl (C=O) groups is 2. The van der Waals surface area contributed by atoms with E-state index in [-0.39, 0.29) is 39.6 Å². The second-order valence-electron chi connectivity index (χ2n) is 3.35. The van der Waals surface area contributed by atoms with Crippen LogP contribution in [0.3, 0.4) is 0 Å². The van der Waals surface area contributed by atoms with E-state index in [4.69, 9.17) is 45.2 Å². The molecular formula is C10H21NO11. The van der Waals surface area contributed by atoms with Crippen LogP contribution in [0.2, 0.25) is 0 Å². The molecule has 0 aromatic heterocycles. The summed E-state index contributed by atoms with van der Waals surface area (Å²) < 4.78 is 0. The monoisotopic (exact) mass is 331 g/mol.